The van der Waals surface area contributed by atoms with E-state index in [1.807, 2.05) is 12.1 Å². The van der Waals surface area contributed by atoms with Gasteiger partial charge in [0, 0.05) is 30.8 Å². The van der Waals surface area contributed by atoms with E-state index in [4.69, 9.17) is 21.1 Å². The zero-order chi connectivity index (χ0) is 20.4. The summed E-state index contributed by atoms with van der Waals surface area (Å²) in [6.07, 6.45) is 0.750. The van der Waals surface area contributed by atoms with Gasteiger partial charge in [0.15, 0.2) is 5.78 Å². The molecule has 1 amide bonds. The number of hydrogen-bond donors (Lipinski definition) is 1. The maximum absolute atomic E-state index is 12.9. The normalized spacial score (nSPS) is 13.7. The van der Waals surface area contributed by atoms with Gasteiger partial charge in [0.2, 0.25) is 5.91 Å². The molecule has 0 saturated carbocycles. The number of carbonyl (C=O) groups is 2. The molecule has 0 aromatic heterocycles. The number of methoxy groups -OCH3 is 2. The van der Waals surface area contributed by atoms with Crippen molar-refractivity contribution in [1.29, 1.82) is 0 Å². The molecule has 0 aliphatic carbocycles. The SMILES string of the molecule is COc1cc(OC)c(N[C@@H](C)C(=O)c2ccc3c(c2)CCN3C(C)=O)cc1Cl. The van der Waals surface area contributed by atoms with Crippen LogP contribution in [0.15, 0.2) is 30.3 Å². The number of Topliss-reactive ketones (excluding diaryl/α,β-unsaturated/α-hetero) is 1. The van der Waals surface area contributed by atoms with Gasteiger partial charge >= 0.3 is 0 Å². The Balaban J connectivity index is 1.81. The summed E-state index contributed by atoms with van der Waals surface area (Å²) in [5.41, 5.74) is 3.10. The van der Waals surface area contributed by atoms with E-state index in [0.717, 1.165) is 17.7 Å². The van der Waals surface area contributed by atoms with Gasteiger partial charge in [-0.2, -0.15) is 0 Å². The molecule has 28 heavy (non-hydrogen) atoms. The summed E-state index contributed by atoms with van der Waals surface area (Å²) >= 11 is 6.20. The minimum Gasteiger partial charge on any atom is -0.495 e. The highest BCUT2D eigenvalue weighted by atomic mass is 35.5. The van der Waals surface area contributed by atoms with Crippen molar-refractivity contribution in [2.75, 3.05) is 31.0 Å². The molecule has 1 heterocycles. The van der Waals surface area contributed by atoms with E-state index in [1.54, 1.807) is 44.1 Å². The first-order valence-electron chi connectivity index (χ1n) is 8.99. The Morgan fingerprint density at radius 2 is 1.86 bits per heavy atom. The molecule has 148 valence electrons. The van der Waals surface area contributed by atoms with Gasteiger partial charge in [-0.05, 0) is 43.2 Å². The molecule has 1 aliphatic rings. The lowest BCUT2D eigenvalue weighted by Gasteiger charge is -2.19. The van der Waals surface area contributed by atoms with Crippen molar-refractivity contribution >= 4 is 34.7 Å². The summed E-state index contributed by atoms with van der Waals surface area (Å²) in [5, 5.41) is 3.59. The van der Waals surface area contributed by atoms with Gasteiger partial charge < -0.3 is 19.7 Å². The van der Waals surface area contributed by atoms with Crippen LogP contribution in [0, 0.1) is 0 Å². The average molecular weight is 403 g/mol. The van der Waals surface area contributed by atoms with Crippen molar-refractivity contribution in [1.82, 2.24) is 0 Å². The Kier molecular flexibility index (Phi) is 5.79. The first-order chi connectivity index (χ1) is 13.3. The van der Waals surface area contributed by atoms with E-state index < -0.39 is 6.04 Å². The maximum Gasteiger partial charge on any atom is 0.223 e. The third-order valence-electron chi connectivity index (χ3n) is 4.88. The molecular weight excluding hydrogens is 380 g/mol. The zero-order valence-corrected chi connectivity index (χ0v) is 17.1. The van der Waals surface area contributed by atoms with Crippen molar-refractivity contribution < 1.29 is 19.1 Å². The second-order valence-corrected chi connectivity index (χ2v) is 7.09. The molecule has 2 aromatic carbocycles. The van der Waals surface area contributed by atoms with Gasteiger partial charge in [-0.3, -0.25) is 9.59 Å². The second-order valence-electron chi connectivity index (χ2n) is 6.68. The molecule has 1 aliphatic heterocycles. The number of carbonyl (C=O) groups excluding carboxylic acids is 2. The first kappa shape index (κ1) is 20.0. The van der Waals surface area contributed by atoms with Gasteiger partial charge in [-0.15, -0.1) is 0 Å². The van der Waals surface area contributed by atoms with Gasteiger partial charge in [-0.25, -0.2) is 0 Å². The quantitative estimate of drug-likeness (QED) is 0.741. The molecule has 6 nitrogen and oxygen atoms in total. The van der Waals surface area contributed by atoms with Crippen LogP contribution in [0.1, 0.15) is 29.8 Å². The lowest BCUT2D eigenvalue weighted by Crippen LogP contribution is -2.27. The highest BCUT2D eigenvalue weighted by molar-refractivity contribution is 6.32. The maximum atomic E-state index is 12.9. The predicted molar refractivity (Wildman–Crippen MR) is 110 cm³/mol. The molecule has 0 saturated heterocycles. The van der Waals surface area contributed by atoms with Crippen LogP contribution in [-0.2, 0) is 11.2 Å². The number of fused-ring (bicyclic) bond motifs is 1. The largest absolute Gasteiger partial charge is 0.495 e. The zero-order valence-electron chi connectivity index (χ0n) is 16.3. The number of benzene rings is 2. The first-order valence-corrected chi connectivity index (χ1v) is 9.36. The van der Waals surface area contributed by atoms with E-state index in [1.165, 1.54) is 7.11 Å². The molecule has 0 bridgehead atoms. The van der Waals surface area contributed by atoms with Gasteiger partial charge in [-0.1, -0.05) is 11.6 Å². The van der Waals surface area contributed by atoms with Crippen LogP contribution < -0.4 is 19.7 Å². The monoisotopic (exact) mass is 402 g/mol. The van der Waals surface area contributed by atoms with Crippen LogP contribution in [0.25, 0.3) is 0 Å². The summed E-state index contributed by atoms with van der Waals surface area (Å²) in [5.74, 6) is 0.984. The Morgan fingerprint density at radius 3 is 2.50 bits per heavy atom. The fourth-order valence-electron chi connectivity index (χ4n) is 3.40. The van der Waals surface area contributed by atoms with Crippen molar-refractivity contribution in [3.63, 3.8) is 0 Å². The van der Waals surface area contributed by atoms with Crippen LogP contribution >= 0.6 is 11.6 Å². The van der Waals surface area contributed by atoms with Crippen molar-refractivity contribution in [3.8, 4) is 11.5 Å². The van der Waals surface area contributed by atoms with Gasteiger partial charge in [0.05, 0.1) is 31.0 Å². The Morgan fingerprint density at radius 1 is 1.14 bits per heavy atom. The number of nitrogens with one attached hydrogen (secondary N) is 1. The van der Waals surface area contributed by atoms with E-state index in [9.17, 15) is 9.59 Å². The van der Waals surface area contributed by atoms with Crippen LogP contribution in [0.3, 0.4) is 0 Å². The molecule has 0 unspecified atom stereocenters. The lowest BCUT2D eigenvalue weighted by atomic mass is 10.0. The summed E-state index contributed by atoms with van der Waals surface area (Å²) in [4.78, 5) is 26.4. The Bertz CT molecular complexity index is 929. The fourth-order valence-corrected chi connectivity index (χ4v) is 3.64. The minimum atomic E-state index is -0.498. The number of rotatable bonds is 6. The van der Waals surface area contributed by atoms with Gasteiger partial charge in [0.25, 0.3) is 0 Å². The fraction of sp³-hybridized carbons (Fsp3) is 0.333. The number of hydrogen-bond acceptors (Lipinski definition) is 5. The average Bonchev–Trinajstić information content (AvgIpc) is 3.11. The lowest BCUT2D eigenvalue weighted by molar-refractivity contribution is -0.116. The van der Waals surface area contributed by atoms with E-state index >= 15 is 0 Å². The highest BCUT2D eigenvalue weighted by Gasteiger charge is 2.25. The molecule has 0 spiro atoms. The summed E-state index contributed by atoms with van der Waals surface area (Å²) in [6, 6.07) is 8.33. The summed E-state index contributed by atoms with van der Waals surface area (Å²) in [7, 11) is 3.07. The highest BCUT2D eigenvalue weighted by Crippen LogP contribution is 2.36. The number of ether oxygens (including phenoxy) is 2. The summed E-state index contributed by atoms with van der Waals surface area (Å²) < 4.78 is 10.6. The van der Waals surface area contributed by atoms with Crippen LogP contribution in [0.4, 0.5) is 11.4 Å². The number of amides is 1. The number of ketones is 1. The van der Waals surface area contributed by atoms with Crippen LogP contribution in [0.2, 0.25) is 5.02 Å². The van der Waals surface area contributed by atoms with Crippen molar-refractivity contribution in [3.05, 3.63) is 46.5 Å². The molecule has 1 atom stereocenters. The molecule has 1 N–H and O–H groups in total. The molecule has 3 rings (SSSR count). The molecule has 0 radical (unpaired) electrons. The standard InChI is InChI=1S/C21H23ClN2O4/c1-12(23-17-10-16(22)19(27-3)11-20(17)28-4)21(26)15-5-6-18-14(9-15)7-8-24(18)13(2)25/h5-6,9-12,23H,7-8H2,1-4H3/t12-/m0/s1. The van der Waals surface area contributed by atoms with E-state index in [-0.39, 0.29) is 11.7 Å². The molecular formula is C21H23ClN2O4. The minimum absolute atomic E-state index is 0.0105. The predicted octanol–water partition coefficient (Wildman–Crippen LogP) is 3.95. The van der Waals surface area contributed by atoms with Crippen LogP contribution in [0.5, 0.6) is 11.5 Å². The van der Waals surface area contributed by atoms with Crippen molar-refractivity contribution in [2.24, 2.45) is 0 Å². The van der Waals surface area contributed by atoms with Crippen molar-refractivity contribution in [2.45, 2.75) is 26.3 Å². The smallest absolute Gasteiger partial charge is 0.223 e. The van der Waals surface area contributed by atoms with E-state index in [2.05, 4.69) is 5.32 Å². The second kappa shape index (κ2) is 8.10. The molecule has 0 fully saturated rings. The summed E-state index contributed by atoms with van der Waals surface area (Å²) in [6.45, 7) is 3.99. The third-order valence-corrected chi connectivity index (χ3v) is 5.17. The number of halogens is 1. The van der Waals surface area contributed by atoms with Gasteiger partial charge in [0.1, 0.15) is 11.5 Å². The molecule has 7 heteroatoms. The Hall–Kier alpha value is -2.73. The topological polar surface area (TPSA) is 67.9 Å². The number of anilines is 2. The third kappa shape index (κ3) is 3.78. The Labute approximate surface area is 169 Å². The van der Waals surface area contributed by atoms with Crippen LogP contribution in [-0.4, -0.2) is 38.5 Å². The van der Waals surface area contributed by atoms with E-state index in [0.29, 0.717) is 34.3 Å². The molecule has 2 aromatic rings. The number of nitrogens with zero attached hydrogens (tertiary/aromatic N) is 1.